The van der Waals surface area contributed by atoms with Crippen molar-refractivity contribution in [2.45, 2.75) is 19.4 Å². The van der Waals surface area contributed by atoms with Gasteiger partial charge in [0.15, 0.2) is 5.17 Å². The Balaban J connectivity index is 1.88. The van der Waals surface area contributed by atoms with Gasteiger partial charge < -0.3 is 10.6 Å². The molecule has 2 heterocycles. The van der Waals surface area contributed by atoms with Crippen LogP contribution in [0.5, 0.6) is 0 Å². The maximum Gasteiger partial charge on any atom is 0.257 e. The molecule has 2 N–H and O–H groups in total. The summed E-state index contributed by atoms with van der Waals surface area (Å²) in [6.45, 7) is 1.92. The fourth-order valence-electron chi connectivity index (χ4n) is 2.73. The van der Waals surface area contributed by atoms with Crippen molar-refractivity contribution in [3.63, 3.8) is 0 Å². The summed E-state index contributed by atoms with van der Waals surface area (Å²) in [6.07, 6.45) is 2.71. The van der Waals surface area contributed by atoms with E-state index < -0.39 is 0 Å². The van der Waals surface area contributed by atoms with E-state index in [0.29, 0.717) is 11.4 Å². The molecule has 0 bridgehead atoms. The van der Waals surface area contributed by atoms with Gasteiger partial charge in [-0.25, -0.2) is 9.98 Å². The van der Waals surface area contributed by atoms with Crippen LogP contribution in [0.25, 0.3) is 0 Å². The highest BCUT2D eigenvalue weighted by Gasteiger charge is 2.29. The van der Waals surface area contributed by atoms with Gasteiger partial charge in [0.1, 0.15) is 11.9 Å². The summed E-state index contributed by atoms with van der Waals surface area (Å²) in [4.78, 5) is 22.0. The van der Waals surface area contributed by atoms with E-state index >= 15 is 0 Å². The number of anilines is 1. The maximum absolute atomic E-state index is 13.0. The number of hydrogen-bond donors (Lipinski definition) is 2. The van der Waals surface area contributed by atoms with Crippen LogP contribution < -0.4 is 10.6 Å². The summed E-state index contributed by atoms with van der Waals surface area (Å²) in [7, 11) is 0. The number of carbonyl (C=O) groups excluding carboxylic acids is 1. The van der Waals surface area contributed by atoms with Gasteiger partial charge in [0.05, 0.1) is 5.57 Å². The van der Waals surface area contributed by atoms with Crippen LogP contribution in [-0.4, -0.2) is 27.1 Å². The number of amides is 1. The molecule has 0 radical (unpaired) electrons. The zero-order valence-electron chi connectivity index (χ0n) is 15.0. The number of rotatable bonds is 6. The summed E-state index contributed by atoms with van der Waals surface area (Å²) >= 11 is 5.13. The van der Waals surface area contributed by atoms with E-state index in [1.807, 2.05) is 49.4 Å². The molecule has 1 aromatic heterocycles. The second-order valence-electron chi connectivity index (χ2n) is 5.97. The van der Waals surface area contributed by atoms with Gasteiger partial charge in [0.25, 0.3) is 5.91 Å². The van der Waals surface area contributed by atoms with Crippen molar-refractivity contribution < 1.29 is 4.79 Å². The molecule has 0 spiro atoms. The van der Waals surface area contributed by atoms with Gasteiger partial charge >= 0.3 is 0 Å². The third-order valence-corrected chi connectivity index (χ3v) is 5.54. The van der Waals surface area contributed by atoms with Crippen molar-refractivity contribution in [1.82, 2.24) is 10.3 Å². The fourth-order valence-corrected chi connectivity index (χ4v) is 4.27. The van der Waals surface area contributed by atoms with Crippen molar-refractivity contribution in [2.75, 3.05) is 16.4 Å². The minimum absolute atomic E-state index is 0.194. The molecule has 140 valence electrons. The molecule has 1 aromatic carbocycles. The third kappa shape index (κ3) is 5.20. The fraction of sp³-hybridized carbons (Fsp3) is 0.250. The van der Waals surface area contributed by atoms with Crippen LogP contribution in [0, 0.1) is 0 Å². The Bertz CT molecular complexity index is 840. The van der Waals surface area contributed by atoms with Crippen LogP contribution in [0.2, 0.25) is 0 Å². The second-order valence-corrected chi connectivity index (χ2v) is 7.85. The van der Waals surface area contributed by atoms with Crippen LogP contribution >= 0.6 is 27.7 Å². The summed E-state index contributed by atoms with van der Waals surface area (Å²) < 4.78 is 0. The third-order valence-electron chi connectivity index (χ3n) is 4.00. The van der Waals surface area contributed by atoms with E-state index in [1.54, 1.807) is 24.0 Å². The molecule has 0 aliphatic carbocycles. The quantitative estimate of drug-likeness (QED) is 0.507. The number of allylic oxidation sites excluding steroid dienone is 1. The van der Waals surface area contributed by atoms with E-state index in [1.165, 1.54) is 0 Å². The van der Waals surface area contributed by atoms with Crippen LogP contribution in [0.4, 0.5) is 5.82 Å². The maximum atomic E-state index is 13.0. The van der Waals surface area contributed by atoms with Crippen molar-refractivity contribution in [3.05, 3.63) is 71.6 Å². The molecule has 0 fully saturated rings. The normalized spacial score (nSPS) is 16.5. The SMILES string of the molecule is CC1=C(C(=O)Nc2ccccn2)C(c2ccccc2)N=C(SCCCBr)N1. The standard InChI is InChI=1S/C20H21BrN4OS/c1-14-17(19(26)24-16-10-5-6-12-22-16)18(15-8-3-2-4-9-15)25-20(23-14)27-13-7-11-21/h2-6,8-10,12,18H,7,11,13H2,1H3,(H,23,25)(H,22,24,26). The number of benzene rings is 1. The number of aromatic nitrogens is 1. The Morgan fingerprint density at radius 3 is 2.70 bits per heavy atom. The predicted octanol–water partition coefficient (Wildman–Crippen LogP) is 4.51. The lowest BCUT2D eigenvalue weighted by Crippen LogP contribution is -2.32. The lowest BCUT2D eigenvalue weighted by atomic mass is 9.96. The minimum Gasteiger partial charge on any atom is -0.338 e. The Morgan fingerprint density at radius 1 is 1.22 bits per heavy atom. The van der Waals surface area contributed by atoms with E-state index in [4.69, 9.17) is 4.99 Å². The molecule has 0 saturated carbocycles. The number of amidine groups is 1. The molecule has 2 aromatic rings. The lowest BCUT2D eigenvalue weighted by Gasteiger charge is -2.26. The van der Waals surface area contributed by atoms with Crippen LogP contribution in [-0.2, 0) is 4.79 Å². The summed E-state index contributed by atoms with van der Waals surface area (Å²) in [5, 5.41) is 7.97. The van der Waals surface area contributed by atoms with E-state index in [-0.39, 0.29) is 11.9 Å². The summed E-state index contributed by atoms with van der Waals surface area (Å²) in [5.74, 6) is 1.29. The largest absolute Gasteiger partial charge is 0.338 e. The first-order valence-electron chi connectivity index (χ1n) is 8.70. The van der Waals surface area contributed by atoms with Gasteiger partial charge in [-0.05, 0) is 31.0 Å². The number of halogens is 1. The molecule has 1 aliphatic rings. The van der Waals surface area contributed by atoms with E-state index in [9.17, 15) is 4.79 Å². The first kappa shape index (κ1) is 19.6. The van der Waals surface area contributed by atoms with Gasteiger partial charge in [-0.3, -0.25) is 4.79 Å². The number of thioether (sulfide) groups is 1. The molecule has 1 amide bonds. The topological polar surface area (TPSA) is 66.4 Å². The first-order valence-corrected chi connectivity index (χ1v) is 10.8. The van der Waals surface area contributed by atoms with Crippen LogP contribution in [0.3, 0.4) is 0 Å². The highest BCUT2D eigenvalue weighted by Crippen LogP contribution is 2.32. The Labute approximate surface area is 171 Å². The van der Waals surface area contributed by atoms with E-state index in [2.05, 4.69) is 31.5 Å². The Kier molecular flexibility index (Phi) is 7.06. The molecule has 7 heteroatoms. The highest BCUT2D eigenvalue weighted by molar-refractivity contribution is 9.09. The molecular formula is C20H21BrN4OS. The molecule has 5 nitrogen and oxygen atoms in total. The van der Waals surface area contributed by atoms with Crippen molar-refractivity contribution in [2.24, 2.45) is 4.99 Å². The Morgan fingerprint density at radius 2 is 2.00 bits per heavy atom. The number of nitrogens with one attached hydrogen (secondary N) is 2. The van der Waals surface area contributed by atoms with Crippen molar-refractivity contribution in [3.8, 4) is 0 Å². The molecule has 1 aliphatic heterocycles. The average molecular weight is 445 g/mol. The monoisotopic (exact) mass is 444 g/mol. The number of hydrogen-bond acceptors (Lipinski definition) is 5. The molecule has 0 saturated heterocycles. The van der Waals surface area contributed by atoms with Gasteiger partial charge in [-0.1, -0.05) is 64.1 Å². The van der Waals surface area contributed by atoms with Gasteiger partial charge in [0, 0.05) is 23.0 Å². The molecular weight excluding hydrogens is 424 g/mol. The van der Waals surface area contributed by atoms with Gasteiger partial charge in [-0.2, -0.15) is 0 Å². The lowest BCUT2D eigenvalue weighted by molar-refractivity contribution is -0.113. The van der Waals surface area contributed by atoms with Gasteiger partial charge in [0.2, 0.25) is 0 Å². The number of alkyl halides is 1. The number of aliphatic imine (C=N–C) groups is 1. The summed E-state index contributed by atoms with van der Waals surface area (Å²) in [6, 6.07) is 15.0. The zero-order valence-corrected chi connectivity index (χ0v) is 17.4. The minimum atomic E-state index is -0.345. The number of carbonyl (C=O) groups is 1. The molecule has 27 heavy (non-hydrogen) atoms. The smallest absolute Gasteiger partial charge is 0.257 e. The summed E-state index contributed by atoms with van der Waals surface area (Å²) in [5.41, 5.74) is 2.41. The molecule has 1 unspecified atom stereocenters. The van der Waals surface area contributed by atoms with E-state index in [0.717, 1.165) is 33.9 Å². The van der Waals surface area contributed by atoms with Crippen LogP contribution in [0.15, 0.2) is 71.0 Å². The highest BCUT2D eigenvalue weighted by atomic mass is 79.9. The molecule has 3 rings (SSSR count). The Hall–Kier alpha value is -2.12. The predicted molar refractivity (Wildman–Crippen MR) is 116 cm³/mol. The first-order chi connectivity index (χ1) is 13.2. The molecule has 1 atom stereocenters. The number of pyridine rings is 1. The van der Waals surface area contributed by atoms with Crippen molar-refractivity contribution >= 4 is 44.6 Å². The average Bonchev–Trinajstić information content (AvgIpc) is 2.69. The van der Waals surface area contributed by atoms with Crippen LogP contribution in [0.1, 0.15) is 24.9 Å². The zero-order chi connectivity index (χ0) is 19.1. The second kappa shape index (κ2) is 9.71. The van der Waals surface area contributed by atoms with Crippen molar-refractivity contribution in [1.29, 1.82) is 0 Å². The van der Waals surface area contributed by atoms with Gasteiger partial charge in [-0.15, -0.1) is 0 Å². The number of nitrogens with zero attached hydrogens (tertiary/aromatic N) is 2.